The Hall–Kier alpha value is -2.06. The molecule has 0 atom stereocenters. The predicted molar refractivity (Wildman–Crippen MR) is 112 cm³/mol. The van der Waals surface area contributed by atoms with Gasteiger partial charge in [0, 0.05) is 24.0 Å². The summed E-state index contributed by atoms with van der Waals surface area (Å²) in [5.74, 6) is 0.716. The molecule has 2 aromatic carbocycles. The highest BCUT2D eigenvalue weighted by Gasteiger charge is 2.40. The first-order valence-corrected chi connectivity index (χ1v) is 11.3. The molecule has 0 spiro atoms. The Labute approximate surface area is 173 Å². The number of carbonyl (C=O) groups excluding carboxylic acids is 1. The van der Waals surface area contributed by atoms with Crippen LogP contribution in [0.3, 0.4) is 0 Å². The van der Waals surface area contributed by atoms with E-state index in [1.165, 1.54) is 11.4 Å². The molecule has 2 aromatic rings. The second kappa shape index (κ2) is 7.08. The average molecular weight is 465 g/mol. The van der Waals surface area contributed by atoms with Gasteiger partial charge in [0.2, 0.25) is 5.91 Å². The number of anilines is 2. The number of ether oxygens (including phenoxy) is 1. The summed E-state index contributed by atoms with van der Waals surface area (Å²) in [7, 11) is -0.781. The van der Waals surface area contributed by atoms with E-state index in [-0.39, 0.29) is 16.7 Å². The number of fused-ring (bicyclic) bond motifs is 1. The van der Waals surface area contributed by atoms with Gasteiger partial charge in [-0.1, -0.05) is 15.9 Å². The fraction of sp³-hybridized carbons (Fsp3) is 0.350. The predicted octanol–water partition coefficient (Wildman–Crippen LogP) is 3.58. The van der Waals surface area contributed by atoms with Crippen LogP contribution in [0.5, 0.6) is 5.75 Å². The molecular formula is C20H21BrN2O4S. The van der Waals surface area contributed by atoms with Crippen molar-refractivity contribution in [3.8, 4) is 5.75 Å². The zero-order valence-corrected chi connectivity index (χ0v) is 18.1. The fourth-order valence-corrected chi connectivity index (χ4v) is 5.63. The third kappa shape index (κ3) is 3.28. The van der Waals surface area contributed by atoms with E-state index >= 15 is 0 Å². The highest BCUT2D eigenvalue weighted by atomic mass is 79.9. The first-order chi connectivity index (χ1) is 13.3. The van der Waals surface area contributed by atoms with E-state index in [0.717, 1.165) is 18.4 Å². The second-order valence-electron chi connectivity index (χ2n) is 7.10. The first kappa shape index (κ1) is 19.3. The Balaban J connectivity index is 1.78. The van der Waals surface area contributed by atoms with Crippen LogP contribution in [0.4, 0.5) is 11.4 Å². The zero-order valence-electron chi connectivity index (χ0n) is 15.7. The van der Waals surface area contributed by atoms with E-state index in [1.54, 1.807) is 42.3 Å². The quantitative estimate of drug-likeness (QED) is 0.677. The maximum absolute atomic E-state index is 13.5. The summed E-state index contributed by atoms with van der Waals surface area (Å²) in [6.45, 7) is 0.524. The van der Waals surface area contributed by atoms with Gasteiger partial charge in [0.15, 0.2) is 0 Å². The lowest BCUT2D eigenvalue weighted by Gasteiger charge is -2.25. The van der Waals surface area contributed by atoms with E-state index in [1.807, 2.05) is 6.07 Å². The van der Waals surface area contributed by atoms with Crippen molar-refractivity contribution in [1.82, 2.24) is 0 Å². The molecule has 0 aromatic heterocycles. The number of hydrogen-bond acceptors (Lipinski definition) is 4. The molecule has 0 unspecified atom stereocenters. The van der Waals surface area contributed by atoms with Crippen molar-refractivity contribution >= 4 is 43.2 Å². The third-order valence-electron chi connectivity index (χ3n) is 5.26. The van der Waals surface area contributed by atoms with Crippen LogP contribution in [0.25, 0.3) is 0 Å². The highest BCUT2D eigenvalue weighted by Crippen LogP contribution is 2.42. The first-order valence-electron chi connectivity index (χ1n) is 9.09. The number of methoxy groups -OCH3 is 1. The van der Waals surface area contributed by atoms with Gasteiger partial charge in [0.25, 0.3) is 10.0 Å². The van der Waals surface area contributed by atoms with Crippen LogP contribution in [-0.4, -0.2) is 35.0 Å². The smallest absolute Gasteiger partial charge is 0.266 e. The molecule has 0 bridgehead atoms. The van der Waals surface area contributed by atoms with Crippen LogP contribution >= 0.6 is 15.9 Å². The van der Waals surface area contributed by atoms with Crippen LogP contribution in [0.2, 0.25) is 0 Å². The SMILES string of the molecule is COc1ccc(N(C)S(=O)(=O)c2cc(Br)cc3c2N(C(=O)C2CC2)CC3)cc1. The monoisotopic (exact) mass is 464 g/mol. The Morgan fingerprint density at radius 1 is 1.21 bits per heavy atom. The number of sulfonamides is 1. The van der Waals surface area contributed by atoms with Crippen molar-refractivity contribution in [2.75, 3.05) is 29.9 Å². The van der Waals surface area contributed by atoms with Crippen LogP contribution in [0.1, 0.15) is 18.4 Å². The van der Waals surface area contributed by atoms with Gasteiger partial charge in [-0.15, -0.1) is 0 Å². The number of nitrogens with zero attached hydrogens (tertiary/aromatic N) is 2. The molecule has 148 valence electrons. The summed E-state index contributed by atoms with van der Waals surface area (Å²) in [5.41, 5.74) is 1.93. The second-order valence-corrected chi connectivity index (χ2v) is 9.95. The summed E-state index contributed by atoms with van der Waals surface area (Å²) in [6.07, 6.45) is 2.42. The highest BCUT2D eigenvalue weighted by molar-refractivity contribution is 9.10. The zero-order chi connectivity index (χ0) is 20.1. The Kier molecular flexibility index (Phi) is 4.87. The van der Waals surface area contributed by atoms with Gasteiger partial charge in [0.05, 0.1) is 18.5 Å². The molecular weight excluding hydrogens is 444 g/mol. The minimum Gasteiger partial charge on any atom is -0.497 e. The average Bonchev–Trinajstić information content (AvgIpc) is 3.46. The molecule has 1 aliphatic heterocycles. The standard InChI is InChI=1S/C20H21BrN2O4S/c1-22(16-5-7-17(27-2)8-6-16)28(25,26)18-12-15(21)11-14-9-10-23(19(14)18)20(24)13-3-4-13/h5-8,11-13H,3-4,9-10H2,1-2H3. The molecule has 1 fully saturated rings. The maximum atomic E-state index is 13.5. The molecule has 1 amide bonds. The van der Waals surface area contributed by atoms with Gasteiger partial charge < -0.3 is 9.64 Å². The van der Waals surface area contributed by atoms with Gasteiger partial charge in [0.1, 0.15) is 10.6 Å². The Bertz CT molecular complexity index is 1030. The van der Waals surface area contributed by atoms with Gasteiger partial charge in [-0.2, -0.15) is 0 Å². The lowest BCUT2D eigenvalue weighted by Crippen LogP contribution is -2.33. The fourth-order valence-electron chi connectivity index (χ4n) is 3.52. The molecule has 0 saturated heterocycles. The number of halogens is 1. The summed E-state index contributed by atoms with van der Waals surface area (Å²) in [5, 5.41) is 0. The number of hydrogen-bond donors (Lipinski definition) is 0. The van der Waals surface area contributed by atoms with Crippen LogP contribution in [-0.2, 0) is 21.2 Å². The number of amides is 1. The van der Waals surface area contributed by atoms with Crippen molar-refractivity contribution in [3.63, 3.8) is 0 Å². The minimum atomic E-state index is -3.86. The van der Waals surface area contributed by atoms with E-state index < -0.39 is 10.0 Å². The van der Waals surface area contributed by atoms with E-state index in [9.17, 15) is 13.2 Å². The van der Waals surface area contributed by atoms with E-state index in [2.05, 4.69) is 15.9 Å². The summed E-state index contributed by atoms with van der Waals surface area (Å²) >= 11 is 3.43. The molecule has 8 heteroatoms. The van der Waals surface area contributed by atoms with Crippen molar-refractivity contribution in [2.24, 2.45) is 5.92 Å². The topological polar surface area (TPSA) is 66.9 Å². The molecule has 0 radical (unpaired) electrons. The third-order valence-corrected chi connectivity index (χ3v) is 7.52. The largest absolute Gasteiger partial charge is 0.497 e. The molecule has 28 heavy (non-hydrogen) atoms. The van der Waals surface area contributed by atoms with Crippen molar-refractivity contribution in [1.29, 1.82) is 0 Å². The minimum absolute atomic E-state index is 0.0319. The molecule has 1 saturated carbocycles. The molecule has 0 N–H and O–H groups in total. The normalized spacial score (nSPS) is 16.0. The number of carbonyl (C=O) groups is 1. The molecule has 4 rings (SSSR count). The van der Waals surface area contributed by atoms with Crippen molar-refractivity contribution < 1.29 is 17.9 Å². The van der Waals surface area contributed by atoms with Crippen LogP contribution < -0.4 is 13.9 Å². The molecule has 2 aliphatic rings. The molecule has 1 aliphatic carbocycles. The number of rotatable bonds is 5. The van der Waals surface area contributed by atoms with E-state index in [4.69, 9.17) is 4.74 Å². The van der Waals surface area contributed by atoms with Gasteiger partial charge in [-0.3, -0.25) is 9.10 Å². The number of benzene rings is 2. The van der Waals surface area contributed by atoms with Gasteiger partial charge in [-0.25, -0.2) is 8.42 Å². The Morgan fingerprint density at radius 3 is 2.50 bits per heavy atom. The summed E-state index contributed by atoms with van der Waals surface area (Å²) < 4.78 is 34.1. The van der Waals surface area contributed by atoms with Crippen molar-refractivity contribution in [2.45, 2.75) is 24.2 Å². The summed E-state index contributed by atoms with van der Waals surface area (Å²) in [6, 6.07) is 10.3. The van der Waals surface area contributed by atoms with Crippen LogP contribution in [0, 0.1) is 5.92 Å². The summed E-state index contributed by atoms with van der Waals surface area (Å²) in [4.78, 5) is 14.6. The lowest BCUT2D eigenvalue weighted by atomic mass is 10.2. The van der Waals surface area contributed by atoms with E-state index in [0.29, 0.717) is 34.6 Å². The van der Waals surface area contributed by atoms with Gasteiger partial charge in [-0.05, 0) is 61.2 Å². The Morgan fingerprint density at radius 2 is 1.89 bits per heavy atom. The molecule has 6 nitrogen and oxygen atoms in total. The lowest BCUT2D eigenvalue weighted by molar-refractivity contribution is -0.119. The van der Waals surface area contributed by atoms with Crippen LogP contribution in [0.15, 0.2) is 45.8 Å². The van der Waals surface area contributed by atoms with Crippen molar-refractivity contribution in [3.05, 3.63) is 46.4 Å². The van der Waals surface area contributed by atoms with Gasteiger partial charge >= 0.3 is 0 Å². The maximum Gasteiger partial charge on any atom is 0.266 e. The molecule has 1 heterocycles.